The molecule has 0 bridgehead atoms. The van der Waals surface area contributed by atoms with Gasteiger partial charge < -0.3 is 0 Å². The molecule has 1 atom stereocenters. The molecule has 1 unspecified atom stereocenters. The van der Waals surface area contributed by atoms with Crippen LogP contribution in [0.15, 0.2) is 107 Å². The zero-order chi connectivity index (χ0) is 20.6. The summed E-state index contributed by atoms with van der Waals surface area (Å²) in [6.45, 7) is 9.11. The summed E-state index contributed by atoms with van der Waals surface area (Å²) >= 11 is 0. The van der Waals surface area contributed by atoms with Gasteiger partial charge in [0.25, 0.3) is 0 Å². The summed E-state index contributed by atoms with van der Waals surface area (Å²) in [4.78, 5) is 0. The van der Waals surface area contributed by atoms with Gasteiger partial charge in [-0.2, -0.15) is 0 Å². The third kappa shape index (κ3) is 3.03. The molecule has 0 heterocycles. The fraction of sp³-hybridized carbons (Fsp3) is 0.185. The summed E-state index contributed by atoms with van der Waals surface area (Å²) in [5, 5.41) is 5.46. The molecule has 0 amide bonds. The maximum absolute atomic E-state index is 13.9. The Morgan fingerprint density at radius 3 is 1.48 bits per heavy atom. The minimum Gasteiger partial charge on any atom is -0.207 e. The second kappa shape index (κ2) is 7.60. The third-order valence-electron chi connectivity index (χ3n) is 6.74. The lowest BCUT2D eigenvalue weighted by atomic mass is 10.1. The molecular formula is C27H27FSi. The summed E-state index contributed by atoms with van der Waals surface area (Å²) in [6.07, 6.45) is 0. The highest BCUT2D eigenvalue weighted by Gasteiger charge is 2.47. The lowest BCUT2D eigenvalue weighted by molar-refractivity contribution is 0.628. The van der Waals surface area contributed by atoms with Crippen LogP contribution in [0.2, 0.25) is 0 Å². The van der Waals surface area contributed by atoms with Crippen molar-refractivity contribution in [2.75, 3.05) is 0 Å². The van der Waals surface area contributed by atoms with Crippen LogP contribution in [0.25, 0.3) is 0 Å². The van der Waals surface area contributed by atoms with Crippen LogP contribution < -0.4 is 15.6 Å². The van der Waals surface area contributed by atoms with Crippen LogP contribution in [0.5, 0.6) is 0 Å². The van der Waals surface area contributed by atoms with Crippen LogP contribution in [0.3, 0.4) is 0 Å². The van der Waals surface area contributed by atoms with E-state index in [1.165, 1.54) is 37.5 Å². The van der Waals surface area contributed by atoms with Gasteiger partial charge in [0.05, 0.1) is 0 Å². The highest BCUT2D eigenvalue weighted by molar-refractivity contribution is 7.16. The second-order valence-corrected chi connectivity index (χ2v) is 11.8. The van der Waals surface area contributed by atoms with Crippen molar-refractivity contribution in [3.05, 3.63) is 113 Å². The van der Waals surface area contributed by atoms with Crippen molar-refractivity contribution in [1.82, 2.24) is 0 Å². The van der Waals surface area contributed by atoms with Crippen molar-refractivity contribution in [2.24, 2.45) is 5.92 Å². The minimum atomic E-state index is -2.55. The Morgan fingerprint density at radius 2 is 1.07 bits per heavy atom. The van der Waals surface area contributed by atoms with Crippen LogP contribution >= 0.6 is 0 Å². The van der Waals surface area contributed by atoms with Gasteiger partial charge in [-0.15, -0.1) is 0 Å². The van der Waals surface area contributed by atoms with E-state index in [1.807, 2.05) is 12.1 Å². The van der Waals surface area contributed by atoms with Gasteiger partial charge in [-0.1, -0.05) is 96.1 Å². The summed E-state index contributed by atoms with van der Waals surface area (Å²) in [7, 11) is -2.55. The molecule has 1 aliphatic carbocycles. The number of hydrogen-bond donors (Lipinski definition) is 0. The van der Waals surface area contributed by atoms with Gasteiger partial charge >= 0.3 is 0 Å². The normalized spacial score (nSPS) is 17.2. The molecule has 0 radical (unpaired) electrons. The Kier molecular flexibility index (Phi) is 5.14. The molecule has 2 heteroatoms. The molecule has 0 fully saturated rings. The average molecular weight is 399 g/mol. The molecule has 29 heavy (non-hydrogen) atoms. The molecule has 146 valence electrons. The number of hydrogen-bond acceptors (Lipinski definition) is 0. The highest BCUT2D eigenvalue weighted by atomic mass is 28.3. The van der Waals surface area contributed by atoms with Gasteiger partial charge in [0, 0.05) is 0 Å². The van der Waals surface area contributed by atoms with Crippen LogP contribution in [-0.4, -0.2) is 8.07 Å². The molecular weight excluding hydrogens is 371 g/mol. The first-order valence-electron chi connectivity index (χ1n) is 10.2. The van der Waals surface area contributed by atoms with E-state index in [4.69, 9.17) is 0 Å². The molecule has 0 saturated carbocycles. The van der Waals surface area contributed by atoms with E-state index in [0.29, 0.717) is 5.92 Å². The first-order valence-corrected chi connectivity index (χ1v) is 12.2. The van der Waals surface area contributed by atoms with E-state index in [-0.39, 0.29) is 5.82 Å². The van der Waals surface area contributed by atoms with E-state index >= 15 is 0 Å². The van der Waals surface area contributed by atoms with Gasteiger partial charge in [0.1, 0.15) is 5.82 Å². The van der Waals surface area contributed by atoms with E-state index < -0.39 is 8.07 Å². The Morgan fingerprint density at radius 1 is 0.621 bits per heavy atom. The Balaban J connectivity index is 2.15. The minimum absolute atomic E-state index is 0.187. The van der Waals surface area contributed by atoms with Crippen LogP contribution in [0.1, 0.15) is 27.7 Å². The number of allylic oxidation sites excluding steroid dienone is 4. The van der Waals surface area contributed by atoms with E-state index in [9.17, 15) is 4.39 Å². The lowest BCUT2D eigenvalue weighted by Gasteiger charge is -2.38. The molecule has 4 rings (SSSR count). The van der Waals surface area contributed by atoms with Crippen LogP contribution in [-0.2, 0) is 0 Å². The molecule has 0 spiro atoms. The molecule has 0 saturated heterocycles. The van der Waals surface area contributed by atoms with Crippen LogP contribution in [0.4, 0.5) is 4.39 Å². The number of rotatable bonds is 4. The van der Waals surface area contributed by atoms with Crippen molar-refractivity contribution in [2.45, 2.75) is 27.7 Å². The molecule has 0 N–H and O–H groups in total. The van der Waals surface area contributed by atoms with E-state index in [2.05, 4.69) is 88.4 Å². The number of halogens is 1. The van der Waals surface area contributed by atoms with Gasteiger partial charge in [0.2, 0.25) is 0 Å². The third-order valence-corrected chi connectivity index (χ3v) is 11.9. The summed E-state index contributed by atoms with van der Waals surface area (Å²) in [6, 6.07) is 29.0. The fourth-order valence-corrected chi connectivity index (χ4v) is 10.6. The quantitative estimate of drug-likeness (QED) is 0.422. The topological polar surface area (TPSA) is 0 Å². The first-order chi connectivity index (χ1) is 14.0. The second-order valence-electron chi connectivity index (χ2n) is 8.06. The summed E-state index contributed by atoms with van der Waals surface area (Å²) in [5.74, 6) is 0.181. The summed E-state index contributed by atoms with van der Waals surface area (Å²) in [5.41, 5.74) is 4.25. The molecule has 1 aliphatic rings. The Hall–Kier alpha value is -2.71. The highest BCUT2D eigenvalue weighted by Crippen LogP contribution is 2.41. The maximum atomic E-state index is 13.9. The van der Waals surface area contributed by atoms with Crippen LogP contribution in [0, 0.1) is 11.7 Å². The molecule has 0 aromatic heterocycles. The van der Waals surface area contributed by atoms with Gasteiger partial charge in [-0.3, -0.25) is 0 Å². The predicted octanol–water partition coefficient (Wildman–Crippen LogP) is 5.14. The molecule has 3 aromatic rings. The fourth-order valence-electron chi connectivity index (χ4n) is 5.01. The van der Waals surface area contributed by atoms with Gasteiger partial charge in [0.15, 0.2) is 8.07 Å². The lowest BCUT2D eigenvalue weighted by Crippen LogP contribution is -2.69. The zero-order valence-corrected chi connectivity index (χ0v) is 18.5. The zero-order valence-electron chi connectivity index (χ0n) is 17.5. The summed E-state index contributed by atoms with van der Waals surface area (Å²) < 4.78 is 13.9. The Labute approximate surface area is 174 Å². The predicted molar refractivity (Wildman–Crippen MR) is 124 cm³/mol. The van der Waals surface area contributed by atoms with E-state index in [0.717, 1.165) is 0 Å². The van der Waals surface area contributed by atoms with Crippen molar-refractivity contribution in [3.8, 4) is 0 Å². The molecule has 3 aromatic carbocycles. The Bertz CT molecular complexity index is 1040. The monoisotopic (exact) mass is 398 g/mol. The van der Waals surface area contributed by atoms with Crippen molar-refractivity contribution >= 4 is 23.6 Å². The van der Waals surface area contributed by atoms with E-state index in [1.54, 1.807) is 12.1 Å². The van der Waals surface area contributed by atoms with Crippen molar-refractivity contribution in [3.63, 3.8) is 0 Å². The molecule has 0 aliphatic heterocycles. The maximum Gasteiger partial charge on any atom is 0.176 e. The van der Waals surface area contributed by atoms with Gasteiger partial charge in [-0.25, -0.2) is 4.39 Å². The first kappa shape index (κ1) is 19.6. The largest absolute Gasteiger partial charge is 0.207 e. The standard InChI is InChI=1S/C27H27FSi/c1-19-20(2)22(4)27(21(19)3)29(24-11-7-5-8-12-24,25-13-9-6-10-14-25)26-17-15-23(28)16-18-26/h5-18,21H,1-4H3. The van der Waals surface area contributed by atoms with Crippen molar-refractivity contribution < 1.29 is 4.39 Å². The SMILES string of the molecule is CC1=C(C)C(C)C([Si](c2ccccc2)(c2ccccc2)c2ccc(F)cc2)=C1C. The molecule has 0 nitrogen and oxygen atoms in total. The van der Waals surface area contributed by atoms with Gasteiger partial charge in [-0.05, 0) is 60.0 Å². The number of benzene rings is 3. The average Bonchev–Trinajstić information content (AvgIpc) is 2.95. The smallest absolute Gasteiger partial charge is 0.176 e. The van der Waals surface area contributed by atoms with Crippen molar-refractivity contribution in [1.29, 1.82) is 0 Å².